The fraction of sp³-hybridized carbons (Fsp3) is 0.0556. The van der Waals surface area contributed by atoms with Crippen molar-refractivity contribution in [2.45, 2.75) is 6.54 Å². The number of hydrogen-bond donors (Lipinski definition) is 1. The summed E-state index contributed by atoms with van der Waals surface area (Å²) in [4.78, 5) is 28.3. The number of nitrogens with one attached hydrogen (secondary N) is 1. The van der Waals surface area contributed by atoms with Crippen LogP contribution in [-0.4, -0.2) is 15.5 Å². The number of pyridine rings is 2. The second kappa shape index (κ2) is 7.10. The Morgan fingerprint density at radius 2 is 1.83 bits per heavy atom. The van der Waals surface area contributed by atoms with E-state index in [1.165, 1.54) is 22.9 Å². The van der Waals surface area contributed by atoms with Crippen LogP contribution >= 0.6 is 11.6 Å². The molecule has 0 spiro atoms. The van der Waals surface area contributed by atoms with E-state index < -0.39 is 0 Å². The molecule has 0 aliphatic carbocycles. The predicted octanol–water partition coefficient (Wildman–Crippen LogP) is 3.20. The van der Waals surface area contributed by atoms with Crippen LogP contribution in [0.3, 0.4) is 0 Å². The first-order valence-corrected chi connectivity index (χ1v) is 7.66. The Morgan fingerprint density at radius 1 is 1.08 bits per heavy atom. The number of carbonyl (C=O) groups is 1. The third-order valence-corrected chi connectivity index (χ3v) is 3.85. The van der Waals surface area contributed by atoms with Gasteiger partial charge >= 0.3 is 0 Å². The third-order valence-electron chi connectivity index (χ3n) is 3.48. The summed E-state index contributed by atoms with van der Waals surface area (Å²) in [6.45, 7) is 0.300. The Morgan fingerprint density at radius 3 is 2.58 bits per heavy atom. The molecule has 24 heavy (non-hydrogen) atoms. The molecule has 3 aromatic rings. The van der Waals surface area contributed by atoms with Gasteiger partial charge in [-0.05, 0) is 29.8 Å². The summed E-state index contributed by atoms with van der Waals surface area (Å²) in [5, 5.41) is 3.34. The van der Waals surface area contributed by atoms with Crippen LogP contribution in [0.4, 0.5) is 5.69 Å². The number of benzene rings is 1. The van der Waals surface area contributed by atoms with E-state index in [1.807, 2.05) is 18.2 Å². The second-order valence-electron chi connectivity index (χ2n) is 5.17. The van der Waals surface area contributed by atoms with Gasteiger partial charge in [0.2, 0.25) is 0 Å². The molecule has 6 heteroatoms. The standard InChI is InChI=1S/C18H14ClN3O2/c19-16-4-2-1-3-13(16)11-22-12-14(5-6-17(22)23)18(24)21-15-7-9-20-10-8-15/h1-10,12H,11H2,(H,20,21,24). The molecule has 1 aromatic carbocycles. The Hall–Kier alpha value is -2.92. The van der Waals surface area contributed by atoms with Crippen LogP contribution in [0.2, 0.25) is 5.02 Å². The number of rotatable bonds is 4. The van der Waals surface area contributed by atoms with E-state index in [9.17, 15) is 9.59 Å². The molecule has 0 atom stereocenters. The van der Waals surface area contributed by atoms with Gasteiger partial charge in [0, 0.05) is 35.4 Å². The number of nitrogens with zero attached hydrogens (tertiary/aromatic N) is 2. The molecule has 3 rings (SSSR count). The molecule has 0 unspecified atom stereocenters. The Balaban J connectivity index is 1.85. The van der Waals surface area contributed by atoms with E-state index in [2.05, 4.69) is 10.3 Å². The topological polar surface area (TPSA) is 64.0 Å². The quantitative estimate of drug-likeness (QED) is 0.794. The van der Waals surface area contributed by atoms with Crippen molar-refractivity contribution in [3.63, 3.8) is 0 Å². The first-order chi connectivity index (χ1) is 11.6. The van der Waals surface area contributed by atoms with Gasteiger partial charge in [0.05, 0.1) is 12.1 Å². The molecule has 0 radical (unpaired) electrons. The van der Waals surface area contributed by atoms with Gasteiger partial charge < -0.3 is 9.88 Å². The van der Waals surface area contributed by atoms with Gasteiger partial charge in [-0.3, -0.25) is 14.6 Å². The van der Waals surface area contributed by atoms with Crippen molar-refractivity contribution < 1.29 is 4.79 Å². The summed E-state index contributed by atoms with van der Waals surface area (Å²) < 4.78 is 1.46. The lowest BCUT2D eigenvalue weighted by Crippen LogP contribution is -2.22. The molecule has 0 saturated heterocycles. The van der Waals surface area contributed by atoms with Gasteiger partial charge in [0.25, 0.3) is 11.5 Å². The number of amides is 1. The van der Waals surface area contributed by atoms with Crippen LogP contribution in [-0.2, 0) is 6.54 Å². The third kappa shape index (κ3) is 3.70. The minimum absolute atomic E-state index is 0.199. The summed E-state index contributed by atoms with van der Waals surface area (Å²) in [6, 6.07) is 13.6. The van der Waals surface area contributed by atoms with Gasteiger partial charge in [0.15, 0.2) is 0 Å². The molecule has 0 bridgehead atoms. The van der Waals surface area contributed by atoms with Crippen LogP contribution in [0, 0.1) is 0 Å². The molecule has 120 valence electrons. The average Bonchev–Trinajstić information content (AvgIpc) is 2.59. The number of aromatic nitrogens is 2. The monoisotopic (exact) mass is 339 g/mol. The van der Waals surface area contributed by atoms with E-state index in [4.69, 9.17) is 11.6 Å². The molecule has 0 aliphatic heterocycles. The highest BCUT2D eigenvalue weighted by Gasteiger charge is 2.09. The summed E-state index contributed by atoms with van der Waals surface area (Å²) in [5.41, 5.74) is 1.64. The Labute approximate surface area is 143 Å². The smallest absolute Gasteiger partial charge is 0.257 e. The van der Waals surface area contributed by atoms with Gasteiger partial charge in [-0.1, -0.05) is 29.8 Å². The average molecular weight is 340 g/mol. The maximum Gasteiger partial charge on any atom is 0.257 e. The minimum Gasteiger partial charge on any atom is -0.322 e. The van der Waals surface area contributed by atoms with Crippen molar-refractivity contribution in [2.24, 2.45) is 0 Å². The molecule has 5 nitrogen and oxygen atoms in total. The SMILES string of the molecule is O=C(Nc1ccncc1)c1ccc(=O)n(Cc2ccccc2Cl)c1. The highest BCUT2D eigenvalue weighted by atomic mass is 35.5. The highest BCUT2D eigenvalue weighted by Crippen LogP contribution is 2.16. The molecular formula is C18H14ClN3O2. The van der Waals surface area contributed by atoms with Crippen LogP contribution in [0.15, 0.2) is 71.9 Å². The first-order valence-electron chi connectivity index (χ1n) is 7.29. The fourth-order valence-corrected chi connectivity index (χ4v) is 2.43. The van der Waals surface area contributed by atoms with Gasteiger partial charge in [-0.15, -0.1) is 0 Å². The second-order valence-corrected chi connectivity index (χ2v) is 5.57. The van der Waals surface area contributed by atoms with Gasteiger partial charge in [-0.25, -0.2) is 0 Å². The van der Waals surface area contributed by atoms with Crippen molar-refractivity contribution in [1.29, 1.82) is 0 Å². The van der Waals surface area contributed by atoms with Crippen molar-refractivity contribution >= 4 is 23.2 Å². The lowest BCUT2D eigenvalue weighted by Gasteiger charge is -2.10. The summed E-state index contributed by atoms with van der Waals surface area (Å²) in [6.07, 6.45) is 4.71. The van der Waals surface area contributed by atoms with E-state index in [0.29, 0.717) is 22.8 Å². The maximum absolute atomic E-state index is 12.3. The van der Waals surface area contributed by atoms with Crippen LogP contribution in [0.5, 0.6) is 0 Å². The first kappa shape index (κ1) is 16.0. The molecule has 0 fully saturated rings. The Kier molecular flexibility index (Phi) is 4.72. The van der Waals surface area contributed by atoms with Gasteiger partial charge in [-0.2, -0.15) is 0 Å². The van der Waals surface area contributed by atoms with E-state index in [1.54, 1.807) is 30.6 Å². The molecule has 1 amide bonds. The van der Waals surface area contributed by atoms with Crippen molar-refractivity contribution in [2.75, 3.05) is 5.32 Å². The molecule has 2 heterocycles. The van der Waals surface area contributed by atoms with E-state index in [-0.39, 0.29) is 11.5 Å². The van der Waals surface area contributed by atoms with E-state index >= 15 is 0 Å². The summed E-state index contributed by atoms with van der Waals surface area (Å²) in [7, 11) is 0. The molecule has 2 aromatic heterocycles. The van der Waals surface area contributed by atoms with Crippen molar-refractivity contribution in [1.82, 2.24) is 9.55 Å². The lowest BCUT2D eigenvalue weighted by molar-refractivity contribution is 0.102. The number of halogens is 1. The van der Waals surface area contributed by atoms with Gasteiger partial charge in [0.1, 0.15) is 0 Å². The highest BCUT2D eigenvalue weighted by molar-refractivity contribution is 6.31. The van der Waals surface area contributed by atoms with Crippen LogP contribution in [0.1, 0.15) is 15.9 Å². The fourth-order valence-electron chi connectivity index (χ4n) is 2.24. The molecule has 0 saturated carbocycles. The number of anilines is 1. The number of carbonyl (C=O) groups excluding carboxylic acids is 1. The Bertz CT molecular complexity index is 923. The predicted molar refractivity (Wildman–Crippen MR) is 93.4 cm³/mol. The molecule has 1 N–H and O–H groups in total. The van der Waals surface area contributed by atoms with Crippen LogP contribution < -0.4 is 10.9 Å². The summed E-state index contributed by atoms with van der Waals surface area (Å²) >= 11 is 6.14. The summed E-state index contributed by atoms with van der Waals surface area (Å²) in [5.74, 6) is -0.297. The zero-order chi connectivity index (χ0) is 16.9. The largest absolute Gasteiger partial charge is 0.322 e. The molecule has 0 aliphatic rings. The lowest BCUT2D eigenvalue weighted by atomic mass is 10.2. The van der Waals surface area contributed by atoms with Crippen LogP contribution in [0.25, 0.3) is 0 Å². The van der Waals surface area contributed by atoms with E-state index in [0.717, 1.165) is 5.56 Å². The normalized spacial score (nSPS) is 10.4. The zero-order valence-electron chi connectivity index (χ0n) is 12.6. The number of hydrogen-bond acceptors (Lipinski definition) is 3. The van der Waals surface area contributed by atoms with Crippen molar-refractivity contribution in [3.05, 3.63) is 93.6 Å². The zero-order valence-corrected chi connectivity index (χ0v) is 13.4. The minimum atomic E-state index is -0.297. The van der Waals surface area contributed by atoms with Crippen molar-refractivity contribution in [3.8, 4) is 0 Å². The maximum atomic E-state index is 12.3. The molecular weight excluding hydrogens is 326 g/mol.